The number of hydrogen-bond acceptors (Lipinski definition) is 3. The average Bonchev–Trinajstić information content (AvgIpc) is 2.35. The van der Waals surface area contributed by atoms with E-state index in [0.717, 1.165) is 11.1 Å². The van der Waals surface area contributed by atoms with Crippen LogP contribution in [0.3, 0.4) is 0 Å². The van der Waals surface area contributed by atoms with Gasteiger partial charge in [0.1, 0.15) is 0 Å². The highest BCUT2D eigenvalue weighted by Gasteiger charge is 2.28. The Morgan fingerprint density at radius 2 is 2.18 bits per heavy atom. The van der Waals surface area contributed by atoms with E-state index >= 15 is 0 Å². The molecule has 1 aromatic rings. The van der Waals surface area contributed by atoms with Crippen molar-refractivity contribution in [1.29, 1.82) is 0 Å². The van der Waals surface area contributed by atoms with Crippen LogP contribution < -0.4 is 0 Å². The first-order valence-corrected chi connectivity index (χ1v) is 5.54. The number of aryl methyl sites for hydroxylation is 1. The molecule has 1 rings (SSSR count). The molecule has 0 aliphatic carbocycles. The van der Waals surface area contributed by atoms with Crippen molar-refractivity contribution in [2.24, 2.45) is 5.92 Å². The minimum absolute atomic E-state index is 0.391. The van der Waals surface area contributed by atoms with E-state index in [1.807, 2.05) is 31.2 Å². The summed E-state index contributed by atoms with van der Waals surface area (Å²) in [5.74, 6) is -1.01. The first-order chi connectivity index (χ1) is 8.11. The van der Waals surface area contributed by atoms with E-state index in [9.17, 15) is 9.90 Å². The van der Waals surface area contributed by atoms with E-state index in [0.29, 0.717) is 6.42 Å². The van der Waals surface area contributed by atoms with Crippen LogP contribution in [-0.4, -0.2) is 18.2 Å². The smallest absolute Gasteiger partial charge is 0.311 e. The highest BCUT2D eigenvalue weighted by Crippen LogP contribution is 2.28. The van der Waals surface area contributed by atoms with E-state index in [2.05, 4.69) is 6.58 Å². The number of aliphatic hydroxyl groups excluding tert-OH is 1. The zero-order chi connectivity index (χ0) is 12.8. The van der Waals surface area contributed by atoms with Crippen molar-refractivity contribution in [3.8, 4) is 0 Å². The van der Waals surface area contributed by atoms with Crippen LogP contribution >= 0.6 is 0 Å². The van der Waals surface area contributed by atoms with Crippen molar-refractivity contribution >= 4 is 5.97 Å². The minimum Gasteiger partial charge on any atom is -0.469 e. The molecule has 3 nitrogen and oxygen atoms in total. The van der Waals surface area contributed by atoms with Crippen molar-refractivity contribution in [3.05, 3.63) is 48.0 Å². The second-order valence-corrected chi connectivity index (χ2v) is 3.96. The molecule has 0 heterocycles. The van der Waals surface area contributed by atoms with Crippen LogP contribution in [-0.2, 0) is 9.53 Å². The molecular formula is C14H18O3. The fourth-order valence-electron chi connectivity index (χ4n) is 1.82. The van der Waals surface area contributed by atoms with Crippen LogP contribution in [0.5, 0.6) is 0 Å². The van der Waals surface area contributed by atoms with E-state index in [1.165, 1.54) is 7.11 Å². The maximum atomic E-state index is 11.6. The first kappa shape index (κ1) is 13.5. The minimum atomic E-state index is -0.860. The van der Waals surface area contributed by atoms with E-state index in [1.54, 1.807) is 6.08 Å². The molecule has 1 unspecified atom stereocenters. The quantitative estimate of drug-likeness (QED) is 0.628. The standard InChI is InChI=1S/C14H18O3/c1-4-7-12(14(16)17-3)13(15)11-9-6-5-8-10(11)2/h4-6,8-9,12-13,15H,1,7H2,2-3H3/t12?,13-/m1/s1. The number of carbonyl (C=O) groups is 1. The highest BCUT2D eigenvalue weighted by atomic mass is 16.5. The Labute approximate surface area is 102 Å². The van der Waals surface area contributed by atoms with Gasteiger partial charge in [0.25, 0.3) is 0 Å². The molecule has 3 heteroatoms. The van der Waals surface area contributed by atoms with Crippen LogP contribution in [0.1, 0.15) is 23.7 Å². The molecule has 0 radical (unpaired) electrons. The predicted octanol–water partition coefficient (Wildman–Crippen LogP) is 2.39. The van der Waals surface area contributed by atoms with Crippen molar-refractivity contribution in [1.82, 2.24) is 0 Å². The van der Waals surface area contributed by atoms with Crippen LogP contribution in [0.15, 0.2) is 36.9 Å². The van der Waals surface area contributed by atoms with Gasteiger partial charge in [-0.2, -0.15) is 0 Å². The Kier molecular flexibility index (Phi) is 4.91. The highest BCUT2D eigenvalue weighted by molar-refractivity contribution is 5.73. The molecule has 0 aliphatic heterocycles. The van der Waals surface area contributed by atoms with Gasteiger partial charge in [0.2, 0.25) is 0 Å². The molecule has 17 heavy (non-hydrogen) atoms. The van der Waals surface area contributed by atoms with Crippen LogP contribution in [0.4, 0.5) is 0 Å². The molecule has 1 aromatic carbocycles. The largest absolute Gasteiger partial charge is 0.469 e. The fraction of sp³-hybridized carbons (Fsp3) is 0.357. The fourth-order valence-corrected chi connectivity index (χ4v) is 1.82. The summed E-state index contributed by atoms with van der Waals surface area (Å²) in [6.45, 7) is 5.50. The number of rotatable bonds is 5. The van der Waals surface area contributed by atoms with Gasteiger partial charge in [0, 0.05) is 0 Å². The Hall–Kier alpha value is -1.61. The lowest BCUT2D eigenvalue weighted by Crippen LogP contribution is -2.23. The number of benzene rings is 1. The third-order valence-corrected chi connectivity index (χ3v) is 2.81. The Bertz CT molecular complexity index is 398. The molecule has 0 saturated heterocycles. The SMILES string of the molecule is C=CCC(C(=O)OC)[C@H](O)c1ccccc1C. The summed E-state index contributed by atoms with van der Waals surface area (Å²) in [6, 6.07) is 7.46. The number of methoxy groups -OCH3 is 1. The van der Waals surface area contributed by atoms with Gasteiger partial charge < -0.3 is 9.84 Å². The predicted molar refractivity (Wildman–Crippen MR) is 66.5 cm³/mol. The molecule has 0 aliphatic rings. The van der Waals surface area contributed by atoms with Gasteiger partial charge in [-0.3, -0.25) is 4.79 Å². The van der Waals surface area contributed by atoms with Crippen molar-refractivity contribution < 1.29 is 14.6 Å². The molecule has 0 saturated carbocycles. The van der Waals surface area contributed by atoms with Gasteiger partial charge >= 0.3 is 5.97 Å². The van der Waals surface area contributed by atoms with E-state index in [4.69, 9.17) is 4.74 Å². The molecule has 0 bridgehead atoms. The maximum Gasteiger partial charge on any atom is 0.311 e. The Morgan fingerprint density at radius 1 is 1.53 bits per heavy atom. The van der Waals surface area contributed by atoms with Crippen LogP contribution in [0.25, 0.3) is 0 Å². The van der Waals surface area contributed by atoms with Crippen molar-refractivity contribution in [2.75, 3.05) is 7.11 Å². The van der Waals surface area contributed by atoms with Crippen molar-refractivity contribution in [2.45, 2.75) is 19.4 Å². The number of ether oxygens (including phenoxy) is 1. The summed E-state index contributed by atoms with van der Waals surface area (Å²) >= 11 is 0. The second-order valence-electron chi connectivity index (χ2n) is 3.96. The zero-order valence-electron chi connectivity index (χ0n) is 10.2. The number of hydrogen-bond donors (Lipinski definition) is 1. The Morgan fingerprint density at radius 3 is 2.71 bits per heavy atom. The third kappa shape index (κ3) is 3.17. The average molecular weight is 234 g/mol. The lowest BCUT2D eigenvalue weighted by molar-refractivity contribution is -0.149. The van der Waals surface area contributed by atoms with Crippen LogP contribution in [0, 0.1) is 12.8 Å². The number of aliphatic hydroxyl groups is 1. The van der Waals surface area contributed by atoms with E-state index in [-0.39, 0.29) is 0 Å². The van der Waals surface area contributed by atoms with Crippen LogP contribution in [0.2, 0.25) is 0 Å². The molecule has 0 fully saturated rings. The third-order valence-electron chi connectivity index (χ3n) is 2.81. The summed E-state index contributed by atoms with van der Waals surface area (Å²) in [5.41, 5.74) is 1.71. The number of allylic oxidation sites excluding steroid dienone is 1. The summed E-state index contributed by atoms with van der Waals surface area (Å²) < 4.78 is 4.70. The number of carbonyl (C=O) groups excluding carboxylic acids is 1. The second kappa shape index (κ2) is 6.21. The zero-order valence-corrected chi connectivity index (χ0v) is 10.2. The van der Waals surface area contributed by atoms with Crippen molar-refractivity contribution in [3.63, 3.8) is 0 Å². The lowest BCUT2D eigenvalue weighted by Gasteiger charge is -2.21. The van der Waals surface area contributed by atoms with Gasteiger partial charge in [-0.05, 0) is 24.5 Å². The topological polar surface area (TPSA) is 46.5 Å². The summed E-state index contributed by atoms with van der Waals surface area (Å²) in [5, 5.41) is 10.2. The first-order valence-electron chi connectivity index (χ1n) is 5.54. The summed E-state index contributed by atoms with van der Waals surface area (Å²) in [7, 11) is 1.32. The number of esters is 1. The van der Waals surface area contributed by atoms with Gasteiger partial charge in [-0.1, -0.05) is 30.3 Å². The monoisotopic (exact) mass is 234 g/mol. The normalized spacial score (nSPS) is 13.8. The maximum absolute atomic E-state index is 11.6. The van der Waals surface area contributed by atoms with Gasteiger partial charge in [-0.25, -0.2) is 0 Å². The molecule has 2 atom stereocenters. The summed E-state index contributed by atoms with van der Waals surface area (Å²) in [4.78, 5) is 11.6. The molecule has 1 N–H and O–H groups in total. The van der Waals surface area contributed by atoms with Gasteiger partial charge in [-0.15, -0.1) is 6.58 Å². The lowest BCUT2D eigenvalue weighted by atomic mass is 9.90. The Balaban J connectivity index is 2.99. The molecule has 0 spiro atoms. The summed E-state index contributed by atoms with van der Waals surface area (Å²) in [6.07, 6.45) is 1.15. The molecule has 0 amide bonds. The van der Waals surface area contributed by atoms with Gasteiger partial charge in [0.05, 0.1) is 19.1 Å². The molecule has 92 valence electrons. The van der Waals surface area contributed by atoms with Gasteiger partial charge in [0.15, 0.2) is 0 Å². The molecular weight excluding hydrogens is 216 g/mol. The molecule has 0 aromatic heterocycles. The van der Waals surface area contributed by atoms with E-state index < -0.39 is 18.0 Å².